The van der Waals surface area contributed by atoms with Gasteiger partial charge in [0.2, 0.25) is 5.91 Å². The van der Waals surface area contributed by atoms with Gasteiger partial charge in [0.25, 0.3) is 0 Å². The zero-order valence-electron chi connectivity index (χ0n) is 19.8. The van der Waals surface area contributed by atoms with E-state index >= 15 is 0 Å². The molecule has 4 saturated carbocycles. The Balaban J connectivity index is 1.63. The summed E-state index contributed by atoms with van der Waals surface area (Å²) < 4.78 is 6.03. The molecule has 5 aliphatic rings. The highest BCUT2D eigenvalue weighted by atomic mass is 16.5. The molecule has 4 heteroatoms. The summed E-state index contributed by atoms with van der Waals surface area (Å²) in [6, 6.07) is 0.290. The molecule has 4 bridgehead atoms. The Morgan fingerprint density at radius 2 is 1.97 bits per heavy atom. The van der Waals surface area contributed by atoms with Crippen molar-refractivity contribution in [3.05, 3.63) is 36.5 Å². The van der Waals surface area contributed by atoms with Crippen molar-refractivity contribution in [1.82, 2.24) is 10.6 Å². The lowest BCUT2D eigenvalue weighted by Gasteiger charge is -2.66. The second-order valence-corrected chi connectivity index (χ2v) is 11.2. The molecule has 172 valence electrons. The van der Waals surface area contributed by atoms with Crippen LogP contribution in [-0.4, -0.2) is 38.3 Å². The van der Waals surface area contributed by atoms with Crippen molar-refractivity contribution < 1.29 is 9.53 Å². The predicted molar refractivity (Wildman–Crippen MR) is 127 cm³/mol. The average Bonchev–Trinajstić information content (AvgIpc) is 2.73. The van der Waals surface area contributed by atoms with E-state index in [0.29, 0.717) is 23.8 Å². The van der Waals surface area contributed by atoms with Gasteiger partial charge in [-0.05, 0) is 100 Å². The normalized spacial score (nSPS) is 41.8. The number of carbonyl (C=O) groups is 1. The Hall–Kier alpha value is -1.39. The lowest BCUT2D eigenvalue weighted by atomic mass is 9.38. The van der Waals surface area contributed by atoms with E-state index in [1.54, 1.807) is 0 Å². The average molecular weight is 427 g/mol. The van der Waals surface area contributed by atoms with E-state index in [1.165, 1.54) is 18.4 Å². The first-order chi connectivity index (χ1) is 14.9. The molecule has 4 aliphatic carbocycles. The Morgan fingerprint density at radius 1 is 1.19 bits per heavy atom. The van der Waals surface area contributed by atoms with E-state index in [0.717, 1.165) is 58.4 Å². The number of hydrogen-bond acceptors (Lipinski definition) is 3. The number of piperidine rings is 1. The Bertz CT molecular complexity index is 758. The number of allylic oxidation sites excluding steroid dienone is 5. The fourth-order valence-electron chi connectivity index (χ4n) is 7.74. The SMILES string of the molecule is C=C(/C=C\C=C/C)[C@]12CC3CC(C(=O)NC4CCNCC4C)(C[C@](COCC)(C3)C1)C2. The molecular weight excluding hydrogens is 384 g/mol. The maximum Gasteiger partial charge on any atom is 0.226 e. The van der Waals surface area contributed by atoms with Gasteiger partial charge in [-0.2, -0.15) is 0 Å². The Morgan fingerprint density at radius 3 is 2.71 bits per heavy atom. The molecule has 5 fully saturated rings. The van der Waals surface area contributed by atoms with Crippen molar-refractivity contribution in [2.45, 2.75) is 71.8 Å². The molecule has 0 radical (unpaired) electrons. The molecule has 4 unspecified atom stereocenters. The number of rotatable bonds is 8. The fourth-order valence-corrected chi connectivity index (χ4v) is 7.74. The zero-order valence-corrected chi connectivity index (χ0v) is 19.8. The summed E-state index contributed by atoms with van der Waals surface area (Å²) in [4.78, 5) is 13.9. The number of amides is 1. The van der Waals surface area contributed by atoms with Crippen LogP contribution in [0.4, 0.5) is 0 Å². The summed E-state index contributed by atoms with van der Waals surface area (Å²) in [5.41, 5.74) is 1.09. The van der Waals surface area contributed by atoms with E-state index in [-0.39, 0.29) is 16.2 Å². The minimum Gasteiger partial charge on any atom is -0.381 e. The van der Waals surface area contributed by atoms with Crippen LogP contribution in [0.5, 0.6) is 0 Å². The van der Waals surface area contributed by atoms with E-state index < -0.39 is 0 Å². The van der Waals surface area contributed by atoms with Crippen LogP contribution in [0.15, 0.2) is 36.5 Å². The quantitative estimate of drug-likeness (QED) is 0.549. The molecule has 6 atom stereocenters. The Labute approximate surface area is 189 Å². The molecule has 1 heterocycles. The predicted octanol–water partition coefficient (Wildman–Crippen LogP) is 4.78. The third-order valence-corrected chi connectivity index (χ3v) is 8.66. The van der Waals surface area contributed by atoms with E-state index in [9.17, 15) is 4.79 Å². The standard InChI is InChI=1S/C27H42N2O2/c1-5-7-8-9-21(4)26-13-22-12-25(16-26,19-31-6-2)17-27(14-22,18-26)24(30)29-23-10-11-28-15-20(23)3/h5,7-9,20,22-23,28H,4,6,10-19H2,1-3H3,(H,29,30)/b7-5-,9-8-/t20?,22?,23?,25-,26+,27?/m0/s1. The van der Waals surface area contributed by atoms with Crippen LogP contribution < -0.4 is 10.6 Å². The summed E-state index contributed by atoms with van der Waals surface area (Å²) >= 11 is 0. The molecule has 4 nitrogen and oxygen atoms in total. The maximum atomic E-state index is 13.9. The fraction of sp³-hybridized carbons (Fsp3) is 0.741. The number of hydrogen-bond donors (Lipinski definition) is 2. The molecule has 1 amide bonds. The second kappa shape index (κ2) is 8.86. The number of carbonyl (C=O) groups excluding carboxylic acids is 1. The van der Waals surface area contributed by atoms with E-state index in [1.807, 2.05) is 6.92 Å². The van der Waals surface area contributed by atoms with Gasteiger partial charge in [-0.3, -0.25) is 4.79 Å². The minimum atomic E-state index is -0.265. The van der Waals surface area contributed by atoms with Crippen molar-refractivity contribution in [1.29, 1.82) is 0 Å². The lowest BCUT2D eigenvalue weighted by molar-refractivity contribution is -0.180. The van der Waals surface area contributed by atoms with Crippen LogP contribution in [0.2, 0.25) is 0 Å². The van der Waals surface area contributed by atoms with Crippen molar-refractivity contribution in [2.75, 3.05) is 26.3 Å². The molecule has 0 spiro atoms. The van der Waals surface area contributed by atoms with E-state index in [4.69, 9.17) is 4.74 Å². The van der Waals surface area contributed by atoms with E-state index in [2.05, 4.69) is 55.4 Å². The van der Waals surface area contributed by atoms with Crippen LogP contribution in [0, 0.1) is 28.1 Å². The smallest absolute Gasteiger partial charge is 0.226 e. The second-order valence-electron chi connectivity index (χ2n) is 11.2. The van der Waals surface area contributed by atoms with Gasteiger partial charge in [0, 0.05) is 12.6 Å². The molecular formula is C27H42N2O2. The lowest BCUT2D eigenvalue weighted by Crippen LogP contribution is -2.64. The molecule has 31 heavy (non-hydrogen) atoms. The van der Waals surface area contributed by atoms with Crippen LogP contribution in [0.25, 0.3) is 0 Å². The molecule has 0 aromatic rings. The largest absolute Gasteiger partial charge is 0.381 e. The van der Waals surface area contributed by atoms with Gasteiger partial charge >= 0.3 is 0 Å². The van der Waals surface area contributed by atoms with Gasteiger partial charge in [-0.25, -0.2) is 0 Å². The van der Waals surface area contributed by atoms with Crippen LogP contribution in [0.1, 0.15) is 65.7 Å². The number of ether oxygens (including phenoxy) is 1. The molecule has 5 rings (SSSR count). The van der Waals surface area contributed by atoms with Crippen LogP contribution >= 0.6 is 0 Å². The topological polar surface area (TPSA) is 50.4 Å². The summed E-state index contributed by atoms with van der Waals surface area (Å²) in [6.07, 6.45) is 15.9. The van der Waals surface area contributed by atoms with Gasteiger partial charge in [0.05, 0.1) is 12.0 Å². The van der Waals surface area contributed by atoms with Crippen molar-refractivity contribution in [3.8, 4) is 0 Å². The first-order valence-corrected chi connectivity index (χ1v) is 12.4. The first-order valence-electron chi connectivity index (χ1n) is 12.4. The maximum absolute atomic E-state index is 13.9. The van der Waals surface area contributed by atoms with Gasteiger partial charge in [0.1, 0.15) is 0 Å². The van der Waals surface area contributed by atoms with Crippen LogP contribution in [-0.2, 0) is 9.53 Å². The first kappa shape index (κ1) is 22.8. The van der Waals surface area contributed by atoms with Crippen molar-refractivity contribution in [2.24, 2.45) is 28.1 Å². The molecule has 0 aromatic carbocycles. The van der Waals surface area contributed by atoms with Crippen LogP contribution in [0.3, 0.4) is 0 Å². The molecule has 0 aromatic heterocycles. The summed E-state index contributed by atoms with van der Waals surface area (Å²) in [5, 5.41) is 6.98. The van der Waals surface area contributed by atoms with Crippen molar-refractivity contribution in [3.63, 3.8) is 0 Å². The molecule has 1 saturated heterocycles. The Kier molecular flexibility index (Phi) is 6.52. The summed E-state index contributed by atoms with van der Waals surface area (Å²) in [6.45, 7) is 14.4. The van der Waals surface area contributed by atoms with Gasteiger partial charge in [-0.15, -0.1) is 0 Å². The zero-order chi connectivity index (χ0) is 22.1. The molecule has 2 N–H and O–H groups in total. The van der Waals surface area contributed by atoms with Gasteiger partial charge in [0.15, 0.2) is 0 Å². The highest BCUT2D eigenvalue weighted by Gasteiger charge is 2.66. The minimum absolute atomic E-state index is 0.0334. The van der Waals surface area contributed by atoms with Crippen molar-refractivity contribution >= 4 is 5.91 Å². The third-order valence-electron chi connectivity index (χ3n) is 8.66. The monoisotopic (exact) mass is 426 g/mol. The van der Waals surface area contributed by atoms with Gasteiger partial charge in [-0.1, -0.05) is 37.8 Å². The number of nitrogens with one attached hydrogen (secondary N) is 2. The molecule has 1 aliphatic heterocycles. The third kappa shape index (κ3) is 4.30. The summed E-state index contributed by atoms with van der Waals surface area (Å²) in [7, 11) is 0. The highest BCUT2D eigenvalue weighted by Crippen LogP contribution is 2.71. The van der Waals surface area contributed by atoms with Gasteiger partial charge < -0.3 is 15.4 Å². The summed E-state index contributed by atoms with van der Waals surface area (Å²) in [5.74, 6) is 1.39. The highest BCUT2D eigenvalue weighted by molar-refractivity contribution is 5.84.